The van der Waals surface area contributed by atoms with E-state index < -0.39 is 16.6 Å². The Morgan fingerprint density at radius 1 is 1.25 bits per heavy atom. The van der Waals surface area contributed by atoms with Crippen LogP contribution >= 0.6 is 0 Å². The zero-order valence-corrected chi connectivity index (χ0v) is 10.8. The van der Waals surface area contributed by atoms with E-state index >= 15 is 0 Å². The van der Waals surface area contributed by atoms with Gasteiger partial charge in [0.25, 0.3) is 5.69 Å². The van der Waals surface area contributed by atoms with Gasteiger partial charge in [-0.3, -0.25) is 10.1 Å². The second-order valence-electron chi connectivity index (χ2n) is 4.16. The third-order valence-electron chi connectivity index (χ3n) is 2.83. The molecule has 0 saturated heterocycles. The van der Waals surface area contributed by atoms with Gasteiger partial charge in [-0.2, -0.15) is 0 Å². The van der Waals surface area contributed by atoms with Gasteiger partial charge in [0.05, 0.1) is 16.7 Å². The third kappa shape index (κ3) is 2.42. The Labute approximate surface area is 113 Å². The lowest BCUT2D eigenvalue weighted by molar-refractivity contribution is -0.384. The first-order valence-corrected chi connectivity index (χ1v) is 5.73. The first kappa shape index (κ1) is 13.9. The Balaban J connectivity index is 2.66. The number of anilines is 1. The minimum Gasteiger partial charge on any atom is -0.373 e. The van der Waals surface area contributed by atoms with Crippen molar-refractivity contribution in [2.75, 3.05) is 12.4 Å². The molecule has 0 spiro atoms. The summed E-state index contributed by atoms with van der Waals surface area (Å²) in [6.07, 6.45) is 0. The summed E-state index contributed by atoms with van der Waals surface area (Å²) >= 11 is 0. The Morgan fingerprint density at radius 2 is 1.95 bits per heavy atom. The molecule has 0 aliphatic heterocycles. The molecule has 0 aliphatic rings. The second kappa shape index (κ2) is 5.20. The molecule has 5 nitrogen and oxygen atoms in total. The van der Waals surface area contributed by atoms with Crippen LogP contribution in [0.4, 0.5) is 20.3 Å². The van der Waals surface area contributed by atoms with Crippen molar-refractivity contribution in [3.05, 3.63) is 51.6 Å². The molecule has 0 aliphatic carbocycles. The van der Waals surface area contributed by atoms with Crippen LogP contribution in [0, 0.1) is 28.7 Å². The molecule has 0 saturated carbocycles. The van der Waals surface area contributed by atoms with E-state index in [0.29, 0.717) is 0 Å². The van der Waals surface area contributed by atoms with E-state index in [0.717, 1.165) is 6.07 Å². The highest BCUT2D eigenvalue weighted by molar-refractivity contribution is 5.66. The maximum Gasteiger partial charge on any atom is 0.275 e. The van der Waals surface area contributed by atoms with Crippen molar-refractivity contribution in [2.24, 2.45) is 0 Å². The van der Waals surface area contributed by atoms with Gasteiger partial charge in [0.2, 0.25) is 0 Å². The number of halogens is 2. The number of rotatable bonds is 3. The predicted molar refractivity (Wildman–Crippen MR) is 70.5 cm³/mol. The minimum atomic E-state index is -1.07. The molecule has 104 valence electrons. The molecule has 0 bridgehead atoms. The molecular weight excluding hydrogens is 268 g/mol. The monoisotopic (exact) mass is 279 g/mol. The van der Waals surface area contributed by atoms with E-state index in [1.807, 2.05) is 0 Å². The molecule has 0 atom stereocenters. The fraction of sp³-hybridized carbons (Fsp3) is 0.154. The average molecular weight is 279 g/mol. The summed E-state index contributed by atoms with van der Waals surface area (Å²) in [4.78, 5) is 14.2. The molecule has 2 aromatic rings. The summed E-state index contributed by atoms with van der Waals surface area (Å²) in [6, 6.07) is 5.06. The van der Waals surface area contributed by atoms with Crippen LogP contribution in [-0.4, -0.2) is 17.0 Å². The van der Waals surface area contributed by atoms with E-state index in [2.05, 4.69) is 10.3 Å². The number of nitrogens with zero attached hydrogens (tertiary/aromatic N) is 2. The van der Waals surface area contributed by atoms with Gasteiger partial charge in [-0.1, -0.05) is 6.07 Å². The van der Waals surface area contributed by atoms with Crippen LogP contribution in [0.25, 0.3) is 11.3 Å². The maximum absolute atomic E-state index is 13.9. The molecule has 1 aromatic carbocycles. The summed E-state index contributed by atoms with van der Waals surface area (Å²) in [6.45, 7) is 1.43. The quantitative estimate of drug-likeness (QED) is 0.691. The van der Waals surface area contributed by atoms with Gasteiger partial charge in [-0.05, 0) is 18.6 Å². The smallest absolute Gasteiger partial charge is 0.275 e. The largest absolute Gasteiger partial charge is 0.373 e. The molecule has 20 heavy (non-hydrogen) atoms. The van der Waals surface area contributed by atoms with Gasteiger partial charge in [0.1, 0.15) is 5.82 Å². The van der Waals surface area contributed by atoms with Gasteiger partial charge in [-0.25, -0.2) is 13.8 Å². The van der Waals surface area contributed by atoms with E-state index in [9.17, 15) is 18.9 Å². The number of pyridine rings is 1. The summed E-state index contributed by atoms with van der Waals surface area (Å²) < 4.78 is 27.5. The van der Waals surface area contributed by atoms with Crippen LogP contribution in [-0.2, 0) is 0 Å². The van der Waals surface area contributed by atoms with Crippen molar-refractivity contribution in [1.29, 1.82) is 0 Å². The number of aryl methyl sites for hydroxylation is 1. The highest BCUT2D eigenvalue weighted by atomic mass is 19.2. The topological polar surface area (TPSA) is 68.1 Å². The molecule has 1 aromatic heterocycles. The first-order chi connectivity index (χ1) is 9.43. The SMILES string of the molecule is CNc1cc([N+](=O)[O-])cc(-c2ccc(C)c(F)c2F)n1. The van der Waals surface area contributed by atoms with Gasteiger partial charge in [-0.15, -0.1) is 0 Å². The lowest BCUT2D eigenvalue weighted by Crippen LogP contribution is -2.00. The number of benzene rings is 1. The van der Waals surface area contributed by atoms with Crippen LogP contribution in [0.3, 0.4) is 0 Å². The van der Waals surface area contributed by atoms with Crippen LogP contribution in [0.15, 0.2) is 24.3 Å². The van der Waals surface area contributed by atoms with Crippen molar-refractivity contribution >= 4 is 11.5 Å². The van der Waals surface area contributed by atoms with E-state index in [1.54, 1.807) is 0 Å². The van der Waals surface area contributed by atoms with Crippen LogP contribution in [0.2, 0.25) is 0 Å². The lowest BCUT2D eigenvalue weighted by atomic mass is 10.1. The van der Waals surface area contributed by atoms with Crippen LogP contribution < -0.4 is 5.32 Å². The molecular formula is C13H11F2N3O2. The van der Waals surface area contributed by atoms with Crippen molar-refractivity contribution in [3.63, 3.8) is 0 Å². The molecule has 7 heteroatoms. The van der Waals surface area contributed by atoms with Crippen molar-refractivity contribution in [1.82, 2.24) is 4.98 Å². The molecule has 0 fully saturated rings. The zero-order valence-electron chi connectivity index (χ0n) is 10.8. The van der Waals surface area contributed by atoms with Crippen molar-refractivity contribution in [3.8, 4) is 11.3 Å². The highest BCUT2D eigenvalue weighted by Gasteiger charge is 2.17. The highest BCUT2D eigenvalue weighted by Crippen LogP contribution is 2.29. The van der Waals surface area contributed by atoms with Crippen molar-refractivity contribution in [2.45, 2.75) is 6.92 Å². The van der Waals surface area contributed by atoms with Crippen LogP contribution in [0.1, 0.15) is 5.56 Å². The van der Waals surface area contributed by atoms with Gasteiger partial charge in [0, 0.05) is 18.7 Å². The fourth-order valence-corrected chi connectivity index (χ4v) is 1.73. The van der Waals surface area contributed by atoms with E-state index in [-0.39, 0.29) is 28.3 Å². The Hall–Kier alpha value is -2.57. The summed E-state index contributed by atoms with van der Waals surface area (Å²) in [5.41, 5.74) is -0.210. The third-order valence-corrected chi connectivity index (χ3v) is 2.83. The lowest BCUT2D eigenvalue weighted by Gasteiger charge is -2.07. The second-order valence-corrected chi connectivity index (χ2v) is 4.16. The Kier molecular flexibility index (Phi) is 3.60. The number of hydrogen-bond acceptors (Lipinski definition) is 4. The Morgan fingerprint density at radius 3 is 2.55 bits per heavy atom. The number of nitrogens with one attached hydrogen (secondary N) is 1. The normalized spacial score (nSPS) is 10.4. The summed E-state index contributed by atoms with van der Waals surface area (Å²) in [5.74, 6) is -1.85. The van der Waals surface area contributed by atoms with Gasteiger partial charge >= 0.3 is 0 Å². The summed E-state index contributed by atoms with van der Waals surface area (Å²) in [7, 11) is 1.53. The average Bonchev–Trinajstić information content (AvgIpc) is 2.44. The first-order valence-electron chi connectivity index (χ1n) is 5.73. The van der Waals surface area contributed by atoms with E-state index in [1.165, 1.54) is 32.2 Å². The van der Waals surface area contributed by atoms with Gasteiger partial charge in [0.15, 0.2) is 11.6 Å². The van der Waals surface area contributed by atoms with Gasteiger partial charge < -0.3 is 5.32 Å². The molecule has 0 radical (unpaired) electrons. The zero-order chi connectivity index (χ0) is 14.9. The number of aromatic nitrogens is 1. The Bertz CT molecular complexity index is 690. The molecule has 0 unspecified atom stereocenters. The maximum atomic E-state index is 13.9. The number of nitro groups is 1. The predicted octanol–water partition coefficient (Wildman–Crippen LogP) is 3.29. The summed E-state index contributed by atoms with van der Waals surface area (Å²) in [5, 5.41) is 13.5. The molecule has 2 rings (SSSR count). The van der Waals surface area contributed by atoms with Crippen molar-refractivity contribution < 1.29 is 13.7 Å². The van der Waals surface area contributed by atoms with E-state index in [4.69, 9.17) is 0 Å². The fourth-order valence-electron chi connectivity index (χ4n) is 1.73. The minimum absolute atomic E-state index is 0.0000463. The van der Waals surface area contributed by atoms with Crippen LogP contribution in [0.5, 0.6) is 0 Å². The molecule has 1 N–H and O–H groups in total. The standard InChI is InChI=1S/C13H11F2N3O2/c1-7-3-4-9(13(15)12(7)14)10-5-8(18(19)20)6-11(16-2)17-10/h3-6H,1-2H3,(H,16,17). The molecule has 0 amide bonds. The number of hydrogen-bond donors (Lipinski definition) is 1. The molecule has 1 heterocycles.